The summed E-state index contributed by atoms with van der Waals surface area (Å²) in [7, 11) is 0. The predicted molar refractivity (Wildman–Crippen MR) is 146 cm³/mol. The summed E-state index contributed by atoms with van der Waals surface area (Å²) in [6.07, 6.45) is 27.9. The summed E-state index contributed by atoms with van der Waals surface area (Å²) in [5.74, 6) is 0.743. The zero-order valence-electron chi connectivity index (χ0n) is 22.7. The number of aromatic nitrogens is 3. The van der Waals surface area contributed by atoms with E-state index in [0.717, 1.165) is 25.1 Å². The second-order valence-corrected chi connectivity index (χ2v) is 9.51. The van der Waals surface area contributed by atoms with Crippen LogP contribution in [-0.4, -0.2) is 46.4 Å². The minimum absolute atomic E-state index is 0.0336. The summed E-state index contributed by atoms with van der Waals surface area (Å²) in [6.45, 7) is 7.45. The lowest BCUT2D eigenvalue weighted by atomic mass is 9.97. The van der Waals surface area contributed by atoms with Crippen LogP contribution >= 0.6 is 0 Å². The van der Waals surface area contributed by atoms with E-state index in [4.69, 9.17) is 15.2 Å². The normalized spacial score (nSPS) is 14.6. The molecule has 0 aromatic carbocycles. The molecule has 0 radical (unpaired) electrons. The van der Waals surface area contributed by atoms with Crippen LogP contribution < -0.4 is 5.73 Å². The van der Waals surface area contributed by atoms with Gasteiger partial charge in [-0.3, -0.25) is 0 Å². The van der Waals surface area contributed by atoms with Crippen molar-refractivity contribution in [2.24, 2.45) is 5.73 Å². The highest BCUT2D eigenvalue weighted by atomic mass is 16.5. The molecular formula is C29H52N4O2. The minimum atomic E-state index is -0.0336. The molecule has 0 saturated carbocycles. The Kier molecular flexibility index (Phi) is 20.5. The van der Waals surface area contributed by atoms with Crippen molar-refractivity contribution in [3.05, 3.63) is 42.8 Å². The van der Waals surface area contributed by atoms with Gasteiger partial charge in [0, 0.05) is 18.9 Å². The molecule has 0 bridgehead atoms. The third kappa shape index (κ3) is 18.3. The highest BCUT2D eigenvalue weighted by molar-refractivity contribution is 4.88. The Labute approximate surface area is 215 Å². The number of hydrogen-bond donors (Lipinski definition) is 1. The van der Waals surface area contributed by atoms with E-state index in [0.29, 0.717) is 19.6 Å². The molecule has 0 fully saturated rings. The molecule has 200 valence electrons. The standard InChI is InChI=1S/C29H52N4O2/c1-4-7-10-11-12-13-14-15-16-17-18-26(30)21-27(34-19-8-5-2)22-28(35-20-9-6-3)23-29-32-24-31-25-33-29/h5-6,8-9,24-28H,4,7,10-23,30H2,1-3H3/b8-5+,9-6+. The van der Waals surface area contributed by atoms with E-state index in [-0.39, 0.29) is 18.2 Å². The van der Waals surface area contributed by atoms with Gasteiger partial charge in [-0.25, -0.2) is 15.0 Å². The smallest absolute Gasteiger partial charge is 0.134 e. The van der Waals surface area contributed by atoms with Crippen molar-refractivity contribution in [2.75, 3.05) is 13.2 Å². The fourth-order valence-corrected chi connectivity index (χ4v) is 4.23. The van der Waals surface area contributed by atoms with Gasteiger partial charge in [-0.05, 0) is 26.7 Å². The summed E-state index contributed by atoms with van der Waals surface area (Å²) >= 11 is 0. The first kappa shape index (κ1) is 31.4. The van der Waals surface area contributed by atoms with E-state index in [1.807, 2.05) is 38.2 Å². The van der Waals surface area contributed by atoms with Crippen LogP contribution in [0.5, 0.6) is 0 Å². The van der Waals surface area contributed by atoms with Gasteiger partial charge < -0.3 is 15.2 Å². The molecule has 6 heteroatoms. The van der Waals surface area contributed by atoms with E-state index in [1.165, 1.54) is 76.9 Å². The maximum absolute atomic E-state index is 6.55. The fourth-order valence-electron chi connectivity index (χ4n) is 4.23. The summed E-state index contributed by atoms with van der Waals surface area (Å²) in [6, 6.07) is 0.146. The summed E-state index contributed by atoms with van der Waals surface area (Å²) in [5.41, 5.74) is 6.55. The van der Waals surface area contributed by atoms with Gasteiger partial charge >= 0.3 is 0 Å². The highest BCUT2D eigenvalue weighted by Gasteiger charge is 2.21. The van der Waals surface area contributed by atoms with E-state index in [9.17, 15) is 0 Å². The van der Waals surface area contributed by atoms with Crippen molar-refractivity contribution in [1.82, 2.24) is 15.0 Å². The van der Waals surface area contributed by atoms with E-state index in [1.54, 1.807) is 0 Å². The molecule has 0 aliphatic rings. The number of rotatable bonds is 23. The molecule has 0 aliphatic carbocycles. The SMILES string of the molecule is C/C=C/COC(Cc1ncncn1)CC(CC(N)CCCCCCCCCCCC)OC/C=C/C. The molecule has 3 atom stereocenters. The Morgan fingerprint density at radius 3 is 1.89 bits per heavy atom. The van der Waals surface area contributed by atoms with Gasteiger partial charge in [0.25, 0.3) is 0 Å². The average molecular weight is 489 g/mol. The van der Waals surface area contributed by atoms with Gasteiger partial charge in [-0.1, -0.05) is 95.4 Å². The largest absolute Gasteiger partial charge is 0.374 e. The fraction of sp³-hybridized carbons (Fsp3) is 0.759. The monoisotopic (exact) mass is 488 g/mol. The molecule has 0 aliphatic heterocycles. The van der Waals surface area contributed by atoms with Crippen molar-refractivity contribution < 1.29 is 9.47 Å². The second kappa shape index (κ2) is 22.8. The van der Waals surface area contributed by atoms with E-state index >= 15 is 0 Å². The maximum atomic E-state index is 6.55. The zero-order valence-corrected chi connectivity index (χ0v) is 22.7. The van der Waals surface area contributed by atoms with Crippen LogP contribution in [0.15, 0.2) is 37.0 Å². The third-order valence-corrected chi connectivity index (χ3v) is 6.30. The lowest BCUT2D eigenvalue weighted by molar-refractivity contribution is -0.00737. The highest BCUT2D eigenvalue weighted by Crippen LogP contribution is 2.18. The van der Waals surface area contributed by atoms with Crippen molar-refractivity contribution in [1.29, 1.82) is 0 Å². The third-order valence-electron chi connectivity index (χ3n) is 6.30. The number of nitrogens with two attached hydrogens (primary N) is 1. The maximum Gasteiger partial charge on any atom is 0.134 e. The molecule has 35 heavy (non-hydrogen) atoms. The van der Waals surface area contributed by atoms with Crippen LogP contribution in [0.3, 0.4) is 0 Å². The molecule has 2 N–H and O–H groups in total. The van der Waals surface area contributed by atoms with Crippen molar-refractivity contribution in [3.8, 4) is 0 Å². The van der Waals surface area contributed by atoms with E-state index in [2.05, 4.69) is 21.9 Å². The molecule has 1 aromatic rings. The van der Waals surface area contributed by atoms with Crippen LogP contribution in [-0.2, 0) is 15.9 Å². The number of allylic oxidation sites excluding steroid dienone is 2. The molecule has 1 aromatic heterocycles. The first-order valence-corrected chi connectivity index (χ1v) is 14.0. The Morgan fingerprint density at radius 2 is 1.31 bits per heavy atom. The van der Waals surface area contributed by atoms with Crippen LogP contribution in [0.1, 0.15) is 110 Å². The molecule has 0 amide bonds. The van der Waals surface area contributed by atoms with Gasteiger partial charge in [0.05, 0.1) is 25.4 Å². The van der Waals surface area contributed by atoms with Crippen LogP contribution in [0.2, 0.25) is 0 Å². The van der Waals surface area contributed by atoms with Crippen LogP contribution in [0.4, 0.5) is 0 Å². The van der Waals surface area contributed by atoms with Crippen molar-refractivity contribution >= 4 is 0 Å². The quantitative estimate of drug-likeness (QED) is 0.135. The molecule has 0 spiro atoms. The van der Waals surface area contributed by atoms with Crippen LogP contribution in [0.25, 0.3) is 0 Å². The van der Waals surface area contributed by atoms with Crippen molar-refractivity contribution in [2.45, 2.75) is 129 Å². The topological polar surface area (TPSA) is 83.2 Å². The molecule has 1 heterocycles. The Balaban J connectivity index is 2.45. The van der Waals surface area contributed by atoms with Gasteiger partial charge in [-0.2, -0.15) is 0 Å². The minimum Gasteiger partial charge on any atom is -0.374 e. The van der Waals surface area contributed by atoms with Crippen LogP contribution in [0, 0.1) is 0 Å². The Hall–Kier alpha value is -1.63. The summed E-state index contributed by atoms with van der Waals surface area (Å²) < 4.78 is 12.4. The van der Waals surface area contributed by atoms with Gasteiger partial charge in [0.15, 0.2) is 0 Å². The number of nitrogens with zero attached hydrogens (tertiary/aromatic N) is 3. The second-order valence-electron chi connectivity index (χ2n) is 9.51. The molecule has 0 saturated heterocycles. The molecule has 6 nitrogen and oxygen atoms in total. The number of ether oxygens (including phenoxy) is 2. The first-order chi connectivity index (χ1) is 17.2. The lowest BCUT2D eigenvalue weighted by Gasteiger charge is -2.25. The average Bonchev–Trinajstić information content (AvgIpc) is 2.86. The summed E-state index contributed by atoms with van der Waals surface area (Å²) in [5, 5.41) is 0. The van der Waals surface area contributed by atoms with Gasteiger partial charge in [0.1, 0.15) is 18.5 Å². The Bertz CT molecular complexity index is 639. The van der Waals surface area contributed by atoms with Crippen molar-refractivity contribution in [3.63, 3.8) is 0 Å². The summed E-state index contributed by atoms with van der Waals surface area (Å²) in [4.78, 5) is 12.5. The van der Waals surface area contributed by atoms with E-state index < -0.39 is 0 Å². The number of hydrogen-bond acceptors (Lipinski definition) is 6. The van der Waals surface area contributed by atoms with Gasteiger partial charge in [0.2, 0.25) is 0 Å². The molecule has 3 unspecified atom stereocenters. The number of unbranched alkanes of at least 4 members (excludes halogenated alkanes) is 9. The van der Waals surface area contributed by atoms with Gasteiger partial charge in [-0.15, -0.1) is 0 Å². The molecular weight excluding hydrogens is 436 g/mol. The zero-order chi connectivity index (χ0) is 25.4. The molecule has 1 rings (SSSR count). The lowest BCUT2D eigenvalue weighted by Crippen LogP contribution is -2.32. The Morgan fingerprint density at radius 1 is 0.771 bits per heavy atom. The predicted octanol–water partition coefficient (Wildman–Crippen LogP) is 6.76. The first-order valence-electron chi connectivity index (χ1n) is 14.0.